The van der Waals surface area contributed by atoms with Crippen molar-refractivity contribution in [3.05, 3.63) is 66.0 Å². The first-order valence-corrected chi connectivity index (χ1v) is 12.1. The van der Waals surface area contributed by atoms with E-state index in [1.165, 1.54) is 11.8 Å². The SMILES string of the molecule is Cc1c(Sc2cnc(N3CCC4(CC3)Cn3nccc3[C@H]4N)cn2)ccn2cc(C(=O)O)cc12. The molecule has 0 unspecified atom stereocenters. The number of anilines is 1. The minimum atomic E-state index is -0.928. The van der Waals surface area contributed by atoms with Gasteiger partial charge in [-0.05, 0) is 43.5 Å². The standard InChI is InChI=1S/C24H25N7O2S/c1-15-18-10-16(23(32)33)13-30(18)7-3-19(15)34-21-12-26-20(11-27-21)29-8-4-24(5-9-29)14-31-17(22(24)25)2-6-28-31/h2-3,6-7,10-13,22H,4-5,8-9,14,25H2,1H3,(H,32,33)/t22-/m1/s1. The molecule has 2 aliphatic heterocycles. The number of carbonyl (C=O) groups is 1. The first kappa shape index (κ1) is 21.2. The molecule has 0 bridgehead atoms. The van der Waals surface area contributed by atoms with Crippen molar-refractivity contribution in [1.82, 2.24) is 24.1 Å². The largest absolute Gasteiger partial charge is 0.478 e. The van der Waals surface area contributed by atoms with Crippen LogP contribution in [0.25, 0.3) is 5.52 Å². The fourth-order valence-corrected chi connectivity index (χ4v) is 6.09. The zero-order chi connectivity index (χ0) is 23.4. The van der Waals surface area contributed by atoms with Crippen molar-refractivity contribution < 1.29 is 9.90 Å². The Morgan fingerprint density at radius 1 is 1.24 bits per heavy atom. The van der Waals surface area contributed by atoms with Crippen molar-refractivity contribution in [2.24, 2.45) is 11.1 Å². The van der Waals surface area contributed by atoms with Crippen LogP contribution in [0.4, 0.5) is 5.82 Å². The number of pyridine rings is 1. The lowest BCUT2D eigenvalue weighted by molar-refractivity contribution is 0.0697. The van der Waals surface area contributed by atoms with Gasteiger partial charge in [-0.3, -0.25) is 4.68 Å². The number of nitrogens with two attached hydrogens (primary N) is 1. The summed E-state index contributed by atoms with van der Waals surface area (Å²) in [6.45, 7) is 4.69. The van der Waals surface area contributed by atoms with Gasteiger partial charge in [-0.25, -0.2) is 14.8 Å². The Bertz CT molecular complexity index is 1390. The van der Waals surface area contributed by atoms with Gasteiger partial charge in [0.1, 0.15) is 10.8 Å². The number of nitrogens with zero attached hydrogens (tertiary/aromatic N) is 6. The summed E-state index contributed by atoms with van der Waals surface area (Å²) >= 11 is 1.53. The summed E-state index contributed by atoms with van der Waals surface area (Å²) in [6.07, 6.45) is 11.0. The topological polar surface area (TPSA) is 115 Å². The van der Waals surface area contributed by atoms with Crippen LogP contribution in [-0.4, -0.2) is 48.3 Å². The van der Waals surface area contributed by atoms with E-state index in [0.717, 1.165) is 65.0 Å². The fourth-order valence-electron chi connectivity index (χ4n) is 5.27. The number of hydrogen-bond donors (Lipinski definition) is 2. The number of aromatic carboxylic acids is 1. The van der Waals surface area contributed by atoms with Gasteiger partial charge < -0.3 is 20.1 Å². The Hall–Kier alpha value is -3.37. The molecule has 0 saturated carbocycles. The number of aryl methyl sites for hydroxylation is 1. The molecule has 4 aromatic heterocycles. The normalized spacial score (nSPS) is 19.1. The third kappa shape index (κ3) is 3.36. The maximum absolute atomic E-state index is 11.3. The van der Waals surface area contributed by atoms with Crippen molar-refractivity contribution in [2.75, 3.05) is 18.0 Å². The highest BCUT2D eigenvalue weighted by Crippen LogP contribution is 2.47. The smallest absolute Gasteiger partial charge is 0.337 e. The van der Waals surface area contributed by atoms with Gasteiger partial charge in [-0.1, -0.05) is 11.8 Å². The lowest BCUT2D eigenvalue weighted by Crippen LogP contribution is -2.45. The van der Waals surface area contributed by atoms with Gasteiger partial charge in [0.15, 0.2) is 0 Å². The van der Waals surface area contributed by atoms with Crippen LogP contribution in [-0.2, 0) is 6.54 Å². The molecule has 0 amide bonds. The van der Waals surface area contributed by atoms with E-state index in [0.29, 0.717) is 0 Å². The number of carboxylic acid groups (broad SMARTS) is 1. The molecule has 0 aromatic carbocycles. The molecule has 1 fully saturated rings. The summed E-state index contributed by atoms with van der Waals surface area (Å²) in [5.41, 5.74) is 9.99. The van der Waals surface area contributed by atoms with Crippen molar-refractivity contribution in [2.45, 2.75) is 42.3 Å². The first-order chi connectivity index (χ1) is 16.4. The molecule has 9 nitrogen and oxygen atoms in total. The summed E-state index contributed by atoms with van der Waals surface area (Å²) in [7, 11) is 0. The molecule has 0 aliphatic carbocycles. The van der Waals surface area contributed by atoms with E-state index in [4.69, 9.17) is 10.7 Å². The van der Waals surface area contributed by atoms with E-state index in [9.17, 15) is 9.90 Å². The molecule has 1 saturated heterocycles. The van der Waals surface area contributed by atoms with E-state index in [-0.39, 0.29) is 17.0 Å². The van der Waals surface area contributed by atoms with Crippen molar-refractivity contribution in [3.63, 3.8) is 0 Å². The van der Waals surface area contributed by atoms with E-state index < -0.39 is 5.97 Å². The second-order valence-corrected chi connectivity index (χ2v) is 10.2. The predicted octanol–water partition coefficient (Wildman–Crippen LogP) is 3.38. The maximum Gasteiger partial charge on any atom is 0.337 e. The number of fused-ring (bicyclic) bond motifs is 2. The highest BCUT2D eigenvalue weighted by atomic mass is 32.2. The van der Waals surface area contributed by atoms with Gasteiger partial charge in [0, 0.05) is 54.1 Å². The number of aromatic nitrogens is 5. The van der Waals surface area contributed by atoms with E-state index in [1.807, 2.05) is 48.2 Å². The summed E-state index contributed by atoms with van der Waals surface area (Å²) in [6, 6.07) is 5.75. The summed E-state index contributed by atoms with van der Waals surface area (Å²) in [5, 5.41) is 14.5. The molecule has 4 aromatic rings. The Labute approximate surface area is 200 Å². The summed E-state index contributed by atoms with van der Waals surface area (Å²) < 4.78 is 3.89. The number of hydrogen-bond acceptors (Lipinski definition) is 7. The number of carboxylic acids is 1. The van der Waals surface area contributed by atoms with Crippen LogP contribution in [0.2, 0.25) is 0 Å². The Balaban J connectivity index is 1.14. The molecule has 6 heterocycles. The molecule has 1 atom stereocenters. The van der Waals surface area contributed by atoms with Crippen molar-refractivity contribution in [1.29, 1.82) is 0 Å². The average Bonchev–Trinajstić information content (AvgIpc) is 3.54. The monoisotopic (exact) mass is 475 g/mol. The maximum atomic E-state index is 11.3. The second-order valence-electron chi connectivity index (χ2n) is 9.19. The second kappa shape index (κ2) is 7.85. The lowest BCUT2D eigenvalue weighted by atomic mass is 9.73. The van der Waals surface area contributed by atoms with Gasteiger partial charge in [-0.15, -0.1) is 0 Å². The van der Waals surface area contributed by atoms with E-state index >= 15 is 0 Å². The van der Waals surface area contributed by atoms with Crippen molar-refractivity contribution in [3.8, 4) is 0 Å². The zero-order valence-electron chi connectivity index (χ0n) is 18.8. The third-order valence-corrected chi connectivity index (χ3v) is 8.42. The molecule has 2 aliphatic rings. The number of piperidine rings is 1. The molecule has 1 spiro atoms. The highest BCUT2D eigenvalue weighted by Gasteiger charge is 2.46. The first-order valence-electron chi connectivity index (χ1n) is 11.3. The zero-order valence-corrected chi connectivity index (χ0v) is 19.6. The molecule has 34 heavy (non-hydrogen) atoms. The van der Waals surface area contributed by atoms with Gasteiger partial charge >= 0.3 is 5.97 Å². The summed E-state index contributed by atoms with van der Waals surface area (Å²) in [4.78, 5) is 23.9. The van der Waals surface area contributed by atoms with Gasteiger partial charge in [0.05, 0.1) is 29.7 Å². The Morgan fingerprint density at radius 2 is 2.06 bits per heavy atom. The molecule has 0 radical (unpaired) electrons. The van der Waals surface area contributed by atoms with Crippen LogP contribution >= 0.6 is 11.8 Å². The lowest BCUT2D eigenvalue weighted by Gasteiger charge is -2.41. The minimum Gasteiger partial charge on any atom is -0.478 e. The highest BCUT2D eigenvalue weighted by molar-refractivity contribution is 7.99. The molecule has 10 heteroatoms. The van der Waals surface area contributed by atoms with E-state index in [2.05, 4.69) is 19.7 Å². The Morgan fingerprint density at radius 3 is 2.76 bits per heavy atom. The van der Waals surface area contributed by atoms with Gasteiger partial charge in [-0.2, -0.15) is 5.10 Å². The van der Waals surface area contributed by atoms with Crippen LogP contribution in [0.1, 0.15) is 40.5 Å². The number of rotatable bonds is 4. The van der Waals surface area contributed by atoms with Crippen LogP contribution < -0.4 is 10.6 Å². The molecule has 174 valence electrons. The van der Waals surface area contributed by atoms with Crippen LogP contribution in [0.15, 0.2) is 59.1 Å². The molecule has 3 N–H and O–H groups in total. The van der Waals surface area contributed by atoms with Gasteiger partial charge in [0.2, 0.25) is 0 Å². The molecule has 6 rings (SSSR count). The molecular formula is C24H25N7O2S. The summed E-state index contributed by atoms with van der Waals surface area (Å²) in [5.74, 6) is -0.0448. The van der Waals surface area contributed by atoms with Crippen molar-refractivity contribution >= 4 is 29.1 Å². The predicted molar refractivity (Wildman–Crippen MR) is 128 cm³/mol. The van der Waals surface area contributed by atoms with Crippen LogP contribution in [0.5, 0.6) is 0 Å². The average molecular weight is 476 g/mol. The Kier molecular flexibility index (Phi) is 4.89. The van der Waals surface area contributed by atoms with E-state index in [1.54, 1.807) is 12.3 Å². The quantitative estimate of drug-likeness (QED) is 0.462. The van der Waals surface area contributed by atoms with Crippen LogP contribution in [0.3, 0.4) is 0 Å². The van der Waals surface area contributed by atoms with Gasteiger partial charge in [0.25, 0.3) is 0 Å². The van der Waals surface area contributed by atoms with Crippen LogP contribution in [0, 0.1) is 12.3 Å². The third-order valence-electron chi connectivity index (χ3n) is 7.34. The molecular weight excluding hydrogens is 450 g/mol. The fraction of sp³-hybridized carbons (Fsp3) is 0.333. The minimum absolute atomic E-state index is 0.0368.